The van der Waals surface area contributed by atoms with Crippen LogP contribution >= 0.6 is 0 Å². The third kappa shape index (κ3) is 3.82. The molecule has 3 rings (SSSR count). The lowest BCUT2D eigenvalue weighted by atomic mass is 10.0. The van der Waals surface area contributed by atoms with Gasteiger partial charge in [-0.1, -0.05) is 29.8 Å². The zero-order valence-electron chi connectivity index (χ0n) is 15.0. The van der Waals surface area contributed by atoms with Gasteiger partial charge in [0.25, 0.3) is 0 Å². The van der Waals surface area contributed by atoms with Gasteiger partial charge < -0.3 is 5.11 Å². The summed E-state index contributed by atoms with van der Waals surface area (Å²) in [6, 6.07) is 12.1. The SMILES string of the molecule is Cc1ccc(S(=O)(=O)N2C(C[C@@H](C)O)CC[C@H]2c2ccc(F)cc2)cc1. The maximum atomic E-state index is 13.4. The minimum Gasteiger partial charge on any atom is -0.393 e. The van der Waals surface area contributed by atoms with Crippen LogP contribution in [0.5, 0.6) is 0 Å². The molecule has 26 heavy (non-hydrogen) atoms. The van der Waals surface area contributed by atoms with Gasteiger partial charge in [-0.05, 0) is 62.9 Å². The van der Waals surface area contributed by atoms with Gasteiger partial charge in [0.2, 0.25) is 10.0 Å². The summed E-state index contributed by atoms with van der Waals surface area (Å²) in [5.41, 5.74) is 1.76. The van der Waals surface area contributed by atoms with Crippen molar-refractivity contribution in [3.05, 3.63) is 65.5 Å². The predicted octanol–water partition coefficient (Wildman–Crippen LogP) is 3.80. The maximum Gasteiger partial charge on any atom is 0.243 e. The molecule has 0 bridgehead atoms. The molecular formula is C20H24FNO3S. The van der Waals surface area contributed by atoms with Crippen LogP contribution < -0.4 is 0 Å². The molecule has 1 N–H and O–H groups in total. The maximum absolute atomic E-state index is 13.4. The fraction of sp³-hybridized carbons (Fsp3) is 0.400. The molecule has 1 unspecified atom stereocenters. The average Bonchev–Trinajstić information content (AvgIpc) is 2.99. The first-order chi connectivity index (χ1) is 12.3. The molecule has 0 amide bonds. The Labute approximate surface area is 154 Å². The molecule has 0 aromatic heterocycles. The van der Waals surface area contributed by atoms with E-state index >= 15 is 0 Å². The quantitative estimate of drug-likeness (QED) is 0.862. The second-order valence-electron chi connectivity index (χ2n) is 7.03. The highest BCUT2D eigenvalue weighted by Crippen LogP contribution is 2.42. The number of aryl methyl sites for hydroxylation is 1. The monoisotopic (exact) mass is 377 g/mol. The Morgan fingerprint density at radius 3 is 2.31 bits per heavy atom. The summed E-state index contributed by atoms with van der Waals surface area (Å²) in [6.45, 7) is 3.58. The molecule has 1 heterocycles. The lowest BCUT2D eigenvalue weighted by molar-refractivity contribution is 0.152. The summed E-state index contributed by atoms with van der Waals surface area (Å²) in [7, 11) is -3.73. The molecule has 140 valence electrons. The standard InChI is InChI=1S/C20H24FNO3S/c1-14-3-10-19(11-4-14)26(24,25)22-18(13-15(2)23)9-12-20(22)16-5-7-17(21)8-6-16/h3-8,10-11,15,18,20,23H,9,12-13H2,1-2H3/t15-,18?,20+/m1/s1. The van der Waals surface area contributed by atoms with E-state index in [0.29, 0.717) is 19.3 Å². The van der Waals surface area contributed by atoms with E-state index in [-0.39, 0.29) is 22.8 Å². The first kappa shape index (κ1) is 19.0. The van der Waals surface area contributed by atoms with Gasteiger partial charge in [0, 0.05) is 6.04 Å². The Bertz CT molecular complexity index is 848. The summed E-state index contributed by atoms with van der Waals surface area (Å²) in [4.78, 5) is 0.243. The van der Waals surface area contributed by atoms with Crippen LogP contribution in [0, 0.1) is 12.7 Å². The number of nitrogens with zero attached hydrogens (tertiary/aromatic N) is 1. The highest BCUT2D eigenvalue weighted by Gasteiger charge is 2.43. The van der Waals surface area contributed by atoms with E-state index in [4.69, 9.17) is 0 Å². The molecule has 0 aliphatic carbocycles. The lowest BCUT2D eigenvalue weighted by Gasteiger charge is -2.30. The van der Waals surface area contributed by atoms with Crippen LogP contribution in [-0.2, 0) is 10.0 Å². The van der Waals surface area contributed by atoms with Crippen molar-refractivity contribution in [3.63, 3.8) is 0 Å². The molecular weight excluding hydrogens is 353 g/mol. The molecule has 0 saturated carbocycles. The summed E-state index contributed by atoms with van der Waals surface area (Å²) in [6.07, 6.45) is 1.09. The highest BCUT2D eigenvalue weighted by molar-refractivity contribution is 7.89. The molecule has 2 aromatic carbocycles. The van der Waals surface area contributed by atoms with E-state index in [1.165, 1.54) is 16.4 Å². The summed E-state index contributed by atoms with van der Waals surface area (Å²) in [5, 5.41) is 9.83. The molecule has 6 heteroatoms. The first-order valence-corrected chi connectivity index (χ1v) is 10.3. The molecule has 3 atom stereocenters. The van der Waals surface area contributed by atoms with Crippen LogP contribution in [0.2, 0.25) is 0 Å². The molecule has 1 saturated heterocycles. The number of hydrogen-bond donors (Lipinski definition) is 1. The minimum absolute atomic E-state index is 0.243. The Morgan fingerprint density at radius 2 is 1.73 bits per heavy atom. The molecule has 4 nitrogen and oxygen atoms in total. The summed E-state index contributed by atoms with van der Waals surface area (Å²) < 4.78 is 41.5. The van der Waals surface area contributed by atoms with Crippen molar-refractivity contribution in [3.8, 4) is 0 Å². The lowest BCUT2D eigenvalue weighted by Crippen LogP contribution is -2.38. The van der Waals surface area contributed by atoms with Crippen LogP contribution in [0.15, 0.2) is 53.4 Å². The van der Waals surface area contributed by atoms with Crippen molar-refractivity contribution in [2.24, 2.45) is 0 Å². The third-order valence-electron chi connectivity index (χ3n) is 4.90. The third-order valence-corrected chi connectivity index (χ3v) is 6.88. The molecule has 1 aliphatic rings. The topological polar surface area (TPSA) is 57.6 Å². The number of aliphatic hydroxyl groups is 1. The molecule has 1 fully saturated rings. The molecule has 0 spiro atoms. The van der Waals surface area contributed by atoms with Gasteiger partial charge in [-0.3, -0.25) is 0 Å². The van der Waals surface area contributed by atoms with Gasteiger partial charge in [-0.25, -0.2) is 12.8 Å². The van der Waals surface area contributed by atoms with Crippen molar-refractivity contribution in [2.75, 3.05) is 0 Å². The average molecular weight is 377 g/mol. The van der Waals surface area contributed by atoms with E-state index in [2.05, 4.69) is 0 Å². The smallest absolute Gasteiger partial charge is 0.243 e. The first-order valence-electron chi connectivity index (χ1n) is 8.83. The van der Waals surface area contributed by atoms with Gasteiger partial charge >= 0.3 is 0 Å². The van der Waals surface area contributed by atoms with E-state index < -0.39 is 16.1 Å². The van der Waals surface area contributed by atoms with Crippen molar-refractivity contribution >= 4 is 10.0 Å². The van der Waals surface area contributed by atoms with Crippen LogP contribution in [0.25, 0.3) is 0 Å². The number of halogens is 1. The Balaban J connectivity index is 2.02. The van der Waals surface area contributed by atoms with E-state index in [1.54, 1.807) is 43.3 Å². The van der Waals surface area contributed by atoms with E-state index in [1.807, 2.05) is 6.92 Å². The summed E-state index contributed by atoms with van der Waals surface area (Å²) >= 11 is 0. The Morgan fingerprint density at radius 1 is 1.12 bits per heavy atom. The Hall–Kier alpha value is -1.76. The highest BCUT2D eigenvalue weighted by atomic mass is 32.2. The van der Waals surface area contributed by atoms with Crippen LogP contribution in [-0.4, -0.2) is 30.0 Å². The second-order valence-corrected chi connectivity index (χ2v) is 8.87. The zero-order chi connectivity index (χ0) is 18.9. The largest absolute Gasteiger partial charge is 0.393 e. The normalized spacial score (nSPS) is 22.5. The number of rotatable bonds is 5. The number of hydrogen-bond acceptors (Lipinski definition) is 3. The second kappa shape index (κ2) is 7.47. The van der Waals surface area contributed by atoms with Crippen molar-refractivity contribution < 1.29 is 17.9 Å². The minimum atomic E-state index is -3.73. The molecule has 1 aliphatic heterocycles. The van der Waals surface area contributed by atoms with Gasteiger partial charge in [-0.15, -0.1) is 0 Å². The Kier molecular flexibility index (Phi) is 5.46. The van der Waals surface area contributed by atoms with Gasteiger partial charge in [0.05, 0.1) is 17.0 Å². The van der Waals surface area contributed by atoms with Gasteiger partial charge in [0.15, 0.2) is 0 Å². The molecule has 0 radical (unpaired) electrons. The van der Waals surface area contributed by atoms with Gasteiger partial charge in [-0.2, -0.15) is 4.31 Å². The van der Waals surface area contributed by atoms with E-state index in [9.17, 15) is 17.9 Å². The molecule has 2 aromatic rings. The fourth-order valence-electron chi connectivity index (χ4n) is 3.67. The van der Waals surface area contributed by atoms with Crippen molar-refractivity contribution in [1.82, 2.24) is 4.31 Å². The van der Waals surface area contributed by atoms with Crippen LogP contribution in [0.3, 0.4) is 0 Å². The van der Waals surface area contributed by atoms with Crippen molar-refractivity contribution in [1.29, 1.82) is 0 Å². The number of sulfonamides is 1. The fourth-order valence-corrected chi connectivity index (χ4v) is 5.54. The van der Waals surface area contributed by atoms with Crippen LogP contribution in [0.4, 0.5) is 4.39 Å². The predicted molar refractivity (Wildman–Crippen MR) is 98.7 cm³/mol. The van der Waals surface area contributed by atoms with E-state index in [0.717, 1.165) is 11.1 Å². The number of aliphatic hydroxyl groups excluding tert-OH is 1. The van der Waals surface area contributed by atoms with Gasteiger partial charge in [0.1, 0.15) is 5.82 Å². The number of benzene rings is 2. The van der Waals surface area contributed by atoms with Crippen LogP contribution in [0.1, 0.15) is 43.4 Å². The van der Waals surface area contributed by atoms with Crippen molar-refractivity contribution in [2.45, 2.75) is 56.2 Å². The summed E-state index contributed by atoms with van der Waals surface area (Å²) in [5.74, 6) is -0.347. The zero-order valence-corrected chi connectivity index (χ0v) is 15.8.